The minimum absolute atomic E-state index is 0.0630. The lowest BCUT2D eigenvalue weighted by Crippen LogP contribution is -2.42. The van der Waals surface area contributed by atoms with Crippen molar-refractivity contribution >= 4 is 45.3 Å². The molecule has 1 fully saturated rings. The zero-order valence-corrected chi connectivity index (χ0v) is 21.0. The monoisotopic (exact) mass is 522 g/mol. The third kappa shape index (κ3) is 7.94. The Balaban J connectivity index is 1.51. The molecule has 0 aromatic heterocycles. The van der Waals surface area contributed by atoms with E-state index in [1.807, 2.05) is 0 Å². The first kappa shape index (κ1) is 26.5. The maximum Gasteiger partial charge on any atom is 0.260 e. The van der Waals surface area contributed by atoms with E-state index < -0.39 is 22.5 Å². The van der Waals surface area contributed by atoms with Crippen LogP contribution in [0.1, 0.15) is 11.1 Å². The summed E-state index contributed by atoms with van der Waals surface area (Å²) in [6.07, 6.45) is 2.42. The van der Waals surface area contributed by atoms with E-state index >= 15 is 0 Å². The molecule has 0 aliphatic carbocycles. The van der Waals surface area contributed by atoms with Crippen LogP contribution in [0.3, 0.4) is 0 Å². The Kier molecular flexibility index (Phi) is 9.07. The molecule has 0 radical (unpaired) electrons. The van der Waals surface area contributed by atoms with Crippen molar-refractivity contribution in [2.45, 2.75) is 6.92 Å². The summed E-state index contributed by atoms with van der Waals surface area (Å²) < 4.78 is 36.1. The molecule has 12 heteroatoms. The van der Waals surface area contributed by atoms with Gasteiger partial charge in [0.2, 0.25) is 10.0 Å². The normalized spacial score (nSPS) is 14.1. The highest BCUT2D eigenvalue weighted by molar-refractivity contribution is 7.92. The van der Waals surface area contributed by atoms with Crippen molar-refractivity contribution in [3.8, 4) is 5.75 Å². The molecule has 2 amide bonds. The average molecular weight is 523 g/mol. The fourth-order valence-electron chi connectivity index (χ4n) is 3.18. The minimum atomic E-state index is -3.73. The van der Waals surface area contributed by atoms with Crippen molar-refractivity contribution in [2.75, 3.05) is 50.0 Å². The van der Waals surface area contributed by atoms with E-state index in [9.17, 15) is 18.0 Å². The van der Waals surface area contributed by atoms with Gasteiger partial charge in [0.15, 0.2) is 6.61 Å². The highest BCUT2D eigenvalue weighted by Gasteiger charge is 2.21. The topological polar surface area (TPSA) is 118 Å². The lowest BCUT2D eigenvalue weighted by molar-refractivity contribution is -0.137. The van der Waals surface area contributed by atoms with Gasteiger partial charge < -0.3 is 14.4 Å². The van der Waals surface area contributed by atoms with E-state index in [4.69, 9.17) is 21.1 Å². The molecular weight excluding hydrogens is 496 g/mol. The molecule has 1 saturated heterocycles. The van der Waals surface area contributed by atoms with Crippen LogP contribution in [-0.2, 0) is 24.3 Å². The third-order valence-corrected chi connectivity index (χ3v) is 6.69. The lowest BCUT2D eigenvalue weighted by Gasteiger charge is -2.26. The van der Waals surface area contributed by atoms with Gasteiger partial charge in [-0.2, -0.15) is 5.10 Å². The maximum atomic E-state index is 12.3. The average Bonchev–Trinajstić information content (AvgIpc) is 2.83. The SMILES string of the molecule is Cc1ccc(N(CC(=O)N/N=C\c2ccc(OCC(=O)N3CCOCC3)cc2)S(C)(=O)=O)cc1Cl. The van der Waals surface area contributed by atoms with Gasteiger partial charge in [0.05, 0.1) is 31.4 Å². The number of carbonyl (C=O) groups excluding carboxylic acids is 2. The molecule has 0 bridgehead atoms. The second kappa shape index (κ2) is 12.0. The van der Waals surface area contributed by atoms with E-state index in [-0.39, 0.29) is 18.2 Å². The van der Waals surface area contributed by atoms with Crippen LogP contribution in [0, 0.1) is 6.92 Å². The molecule has 1 aliphatic heterocycles. The van der Waals surface area contributed by atoms with Gasteiger partial charge >= 0.3 is 0 Å². The number of benzene rings is 2. The fraction of sp³-hybridized carbons (Fsp3) is 0.348. The number of nitrogens with zero attached hydrogens (tertiary/aromatic N) is 3. The molecule has 0 spiro atoms. The summed E-state index contributed by atoms with van der Waals surface area (Å²) in [6, 6.07) is 11.5. The maximum absolute atomic E-state index is 12.3. The lowest BCUT2D eigenvalue weighted by atomic mass is 10.2. The van der Waals surface area contributed by atoms with Gasteiger partial charge in [0, 0.05) is 18.1 Å². The molecule has 188 valence electrons. The predicted molar refractivity (Wildman–Crippen MR) is 133 cm³/mol. The van der Waals surface area contributed by atoms with Gasteiger partial charge in [-0.15, -0.1) is 0 Å². The molecule has 2 aromatic carbocycles. The number of hydrogen-bond acceptors (Lipinski definition) is 7. The second-order valence-corrected chi connectivity index (χ2v) is 10.2. The summed E-state index contributed by atoms with van der Waals surface area (Å²) in [5.41, 5.74) is 4.06. The van der Waals surface area contributed by atoms with Crippen molar-refractivity contribution in [2.24, 2.45) is 5.10 Å². The summed E-state index contributed by atoms with van der Waals surface area (Å²) >= 11 is 6.10. The number of rotatable bonds is 9. The molecule has 0 atom stereocenters. The molecule has 10 nitrogen and oxygen atoms in total. The molecule has 0 unspecified atom stereocenters. The van der Waals surface area contributed by atoms with E-state index in [1.165, 1.54) is 12.3 Å². The first-order chi connectivity index (χ1) is 16.6. The van der Waals surface area contributed by atoms with Crippen molar-refractivity contribution in [3.05, 3.63) is 58.6 Å². The number of hydrazone groups is 1. The van der Waals surface area contributed by atoms with Crippen LogP contribution in [0.15, 0.2) is 47.6 Å². The van der Waals surface area contributed by atoms with Gasteiger partial charge in [0.25, 0.3) is 11.8 Å². The van der Waals surface area contributed by atoms with Crippen molar-refractivity contribution in [3.63, 3.8) is 0 Å². The number of amides is 2. The van der Waals surface area contributed by atoms with Gasteiger partial charge in [-0.05, 0) is 54.4 Å². The fourth-order valence-corrected chi connectivity index (χ4v) is 4.20. The summed E-state index contributed by atoms with van der Waals surface area (Å²) in [6.45, 7) is 3.45. The number of aryl methyl sites for hydroxylation is 1. The highest BCUT2D eigenvalue weighted by Crippen LogP contribution is 2.24. The Morgan fingerprint density at radius 1 is 1.20 bits per heavy atom. The molecule has 1 heterocycles. The van der Waals surface area contributed by atoms with Crippen LogP contribution in [0.25, 0.3) is 0 Å². The molecule has 1 N–H and O–H groups in total. The van der Waals surface area contributed by atoms with Crippen molar-refractivity contribution in [1.82, 2.24) is 10.3 Å². The summed E-state index contributed by atoms with van der Waals surface area (Å²) in [5, 5.41) is 4.28. The van der Waals surface area contributed by atoms with Crippen LogP contribution in [0.4, 0.5) is 5.69 Å². The number of nitrogens with one attached hydrogen (secondary N) is 1. The molecular formula is C23H27ClN4O6S. The molecule has 1 aliphatic rings. The molecule has 2 aromatic rings. The molecule has 3 rings (SSSR count). The van der Waals surface area contributed by atoms with Crippen LogP contribution in [-0.4, -0.2) is 77.1 Å². The highest BCUT2D eigenvalue weighted by atomic mass is 35.5. The zero-order chi connectivity index (χ0) is 25.4. The first-order valence-electron chi connectivity index (χ1n) is 10.8. The summed E-state index contributed by atoms with van der Waals surface area (Å²) in [4.78, 5) is 26.2. The van der Waals surface area contributed by atoms with Crippen LogP contribution in [0.2, 0.25) is 5.02 Å². The van der Waals surface area contributed by atoms with Crippen molar-refractivity contribution < 1.29 is 27.5 Å². The van der Waals surface area contributed by atoms with Gasteiger partial charge in [-0.3, -0.25) is 13.9 Å². The Hall–Kier alpha value is -3.15. The van der Waals surface area contributed by atoms with Gasteiger partial charge in [-0.1, -0.05) is 17.7 Å². The standard InChI is InChI=1S/C23H27ClN4O6S/c1-17-3-6-19(13-21(17)24)28(35(2,31)32)15-22(29)26-25-14-18-4-7-20(8-5-18)34-16-23(30)27-9-11-33-12-10-27/h3-8,13-14H,9-12,15-16H2,1-2H3,(H,26,29)/b25-14-. The predicted octanol–water partition coefficient (Wildman–Crippen LogP) is 1.80. The minimum Gasteiger partial charge on any atom is -0.484 e. The molecule has 0 saturated carbocycles. The van der Waals surface area contributed by atoms with Gasteiger partial charge in [-0.25, -0.2) is 13.8 Å². The summed E-state index contributed by atoms with van der Waals surface area (Å²) in [5.74, 6) is -0.198. The molecule has 35 heavy (non-hydrogen) atoms. The van der Waals surface area contributed by atoms with Gasteiger partial charge in [0.1, 0.15) is 12.3 Å². The second-order valence-electron chi connectivity index (χ2n) is 7.85. The van der Waals surface area contributed by atoms with E-state index in [0.717, 1.165) is 16.1 Å². The van der Waals surface area contributed by atoms with E-state index in [2.05, 4.69) is 10.5 Å². The van der Waals surface area contributed by atoms with Crippen LogP contribution >= 0.6 is 11.6 Å². The Morgan fingerprint density at radius 3 is 2.51 bits per heavy atom. The van der Waals surface area contributed by atoms with Crippen molar-refractivity contribution in [1.29, 1.82) is 0 Å². The Labute approximate surface area is 209 Å². The van der Waals surface area contributed by atoms with Crippen LogP contribution in [0.5, 0.6) is 5.75 Å². The number of halogens is 1. The number of sulfonamides is 1. The van der Waals surface area contributed by atoms with E-state index in [0.29, 0.717) is 42.6 Å². The smallest absolute Gasteiger partial charge is 0.260 e. The van der Waals surface area contributed by atoms with E-state index in [1.54, 1.807) is 48.2 Å². The number of anilines is 1. The number of morpholine rings is 1. The largest absolute Gasteiger partial charge is 0.484 e. The first-order valence-corrected chi connectivity index (χ1v) is 13.0. The number of carbonyl (C=O) groups is 2. The Bertz CT molecular complexity index is 1180. The Morgan fingerprint density at radius 2 is 1.89 bits per heavy atom. The quantitative estimate of drug-likeness (QED) is 0.396. The van der Waals surface area contributed by atoms with Crippen LogP contribution < -0.4 is 14.5 Å². The summed E-state index contributed by atoms with van der Waals surface area (Å²) in [7, 11) is -3.73. The zero-order valence-electron chi connectivity index (χ0n) is 19.4. The number of ether oxygens (including phenoxy) is 2. The third-order valence-electron chi connectivity index (χ3n) is 5.14. The number of hydrogen-bond donors (Lipinski definition) is 1.